The molecule has 5 rings (SSSR count). The van der Waals surface area contributed by atoms with E-state index < -0.39 is 12.2 Å². The number of carbonyl (C=O) groups is 3. The first-order chi connectivity index (χ1) is 19.0. The minimum Gasteiger partial charge on any atom is -0.462 e. The highest BCUT2D eigenvalue weighted by molar-refractivity contribution is 8.13. The molecule has 0 spiro atoms. The van der Waals surface area contributed by atoms with E-state index in [9.17, 15) is 14.4 Å². The minimum atomic E-state index is -0.421. The van der Waals surface area contributed by atoms with E-state index in [0.717, 1.165) is 0 Å². The zero-order chi connectivity index (χ0) is 27.2. The number of anilines is 1. The van der Waals surface area contributed by atoms with Crippen molar-refractivity contribution >= 4 is 45.7 Å². The Kier molecular flexibility index (Phi) is 8.28. The van der Waals surface area contributed by atoms with Crippen molar-refractivity contribution in [2.75, 3.05) is 17.7 Å². The summed E-state index contributed by atoms with van der Waals surface area (Å²) in [5.74, 6) is 0.111. The Hall–Kier alpha value is -4.09. The molecule has 1 aliphatic rings. The van der Waals surface area contributed by atoms with Gasteiger partial charge < -0.3 is 14.8 Å². The van der Waals surface area contributed by atoms with Crippen LogP contribution in [0.5, 0.6) is 0 Å². The van der Waals surface area contributed by atoms with Crippen LogP contribution < -0.4 is 5.32 Å². The molecule has 0 unspecified atom stereocenters. The molecule has 1 amide bonds. The van der Waals surface area contributed by atoms with Crippen molar-refractivity contribution in [2.24, 2.45) is 5.92 Å². The average Bonchev–Trinajstić information content (AvgIpc) is 3.57. The second-order valence-electron chi connectivity index (χ2n) is 9.08. The smallest absolute Gasteiger partial charge is 0.338 e. The van der Waals surface area contributed by atoms with Gasteiger partial charge in [0.15, 0.2) is 22.1 Å². The number of carbonyl (C=O) groups excluding carboxylic acids is 3. The van der Waals surface area contributed by atoms with Gasteiger partial charge in [0.1, 0.15) is 12.6 Å². The molecule has 0 radical (unpaired) electrons. The average molecular weight is 546 g/mol. The molecule has 0 bridgehead atoms. The van der Waals surface area contributed by atoms with E-state index in [1.54, 1.807) is 59.4 Å². The molecule has 1 aliphatic heterocycles. The summed E-state index contributed by atoms with van der Waals surface area (Å²) in [4.78, 5) is 49.8. The summed E-state index contributed by atoms with van der Waals surface area (Å²) < 4.78 is 13.8. The van der Waals surface area contributed by atoms with Crippen LogP contribution in [0.25, 0.3) is 11.2 Å². The van der Waals surface area contributed by atoms with Crippen LogP contribution in [-0.4, -0.2) is 55.0 Å². The summed E-state index contributed by atoms with van der Waals surface area (Å²) in [5.41, 5.74) is 1.94. The van der Waals surface area contributed by atoms with Crippen molar-refractivity contribution in [3.8, 4) is 0 Å². The molecule has 0 saturated carbocycles. The lowest BCUT2D eigenvalue weighted by atomic mass is 10.00. The molecule has 1 fully saturated rings. The van der Waals surface area contributed by atoms with Crippen LogP contribution in [-0.2, 0) is 14.3 Å². The van der Waals surface area contributed by atoms with Crippen LogP contribution in [0.15, 0.2) is 73.3 Å². The Morgan fingerprint density at radius 1 is 1.03 bits per heavy atom. The molecule has 2 aromatic heterocycles. The number of benzene rings is 2. The molecule has 1 N–H and O–H groups in total. The summed E-state index contributed by atoms with van der Waals surface area (Å²) >= 11 is 1.24. The van der Waals surface area contributed by atoms with E-state index in [2.05, 4.69) is 20.3 Å². The predicted octanol–water partition coefficient (Wildman–Crippen LogP) is 4.51. The number of thioether (sulfide) groups is 1. The molecule has 1 saturated heterocycles. The highest BCUT2D eigenvalue weighted by Gasteiger charge is 2.37. The Bertz CT molecular complexity index is 1460. The van der Waals surface area contributed by atoms with E-state index in [-0.39, 0.29) is 29.7 Å². The number of imidazole rings is 1. The second-order valence-corrected chi connectivity index (χ2v) is 10.4. The van der Waals surface area contributed by atoms with Crippen LogP contribution in [0.1, 0.15) is 46.7 Å². The Balaban J connectivity index is 1.32. The molecule has 4 aromatic rings. The standard InChI is InChI=1S/C28H27N5O5S/c1-18(34)39-13-12-22-21(15-37-28(36)20-10-6-3-7-11-20)14-23(38-22)33-17-31-24-25(29-16-30-26(24)33)32-27(35)19-8-4-2-5-9-19/h2-11,16-17,21-23H,12-15H2,1H3,(H,29,30,32,35)/t21-,22-,23-/m1/s1. The van der Waals surface area contributed by atoms with E-state index in [0.29, 0.717) is 46.7 Å². The van der Waals surface area contributed by atoms with Crippen LogP contribution in [0, 0.1) is 5.92 Å². The van der Waals surface area contributed by atoms with E-state index in [1.165, 1.54) is 25.0 Å². The number of esters is 1. The number of hydrogen-bond acceptors (Lipinski definition) is 9. The molecular formula is C28H27N5O5S. The number of aromatic nitrogens is 4. The quantitative estimate of drug-likeness (QED) is 0.302. The van der Waals surface area contributed by atoms with Gasteiger partial charge in [0.25, 0.3) is 5.91 Å². The lowest BCUT2D eigenvalue weighted by Crippen LogP contribution is -2.23. The normalized spacial score (nSPS) is 18.6. The van der Waals surface area contributed by atoms with Gasteiger partial charge in [-0.25, -0.2) is 19.7 Å². The van der Waals surface area contributed by atoms with Gasteiger partial charge in [0, 0.05) is 30.6 Å². The van der Waals surface area contributed by atoms with Crippen LogP contribution in [0.3, 0.4) is 0 Å². The highest BCUT2D eigenvalue weighted by atomic mass is 32.2. The SMILES string of the molecule is CC(=O)SCC[C@H]1O[C@@H](n2cnc3c(NC(=O)c4ccccc4)ncnc32)C[C@@H]1COC(=O)c1ccccc1. The Morgan fingerprint density at radius 3 is 2.46 bits per heavy atom. The number of amides is 1. The summed E-state index contributed by atoms with van der Waals surface area (Å²) in [5, 5.41) is 2.85. The Morgan fingerprint density at radius 2 is 1.74 bits per heavy atom. The summed E-state index contributed by atoms with van der Waals surface area (Å²) in [7, 11) is 0. The van der Waals surface area contributed by atoms with Gasteiger partial charge in [-0.2, -0.15) is 0 Å². The number of hydrogen-bond donors (Lipinski definition) is 1. The third kappa shape index (κ3) is 6.32. The molecule has 200 valence electrons. The Labute approximate surface area is 229 Å². The van der Waals surface area contributed by atoms with E-state index in [1.807, 2.05) is 12.1 Å². The fraction of sp³-hybridized carbons (Fsp3) is 0.286. The van der Waals surface area contributed by atoms with Gasteiger partial charge in [0.2, 0.25) is 0 Å². The number of fused-ring (bicyclic) bond motifs is 1. The van der Waals surface area contributed by atoms with Gasteiger partial charge in [-0.05, 0) is 30.7 Å². The first-order valence-electron chi connectivity index (χ1n) is 12.5. The molecule has 10 nitrogen and oxygen atoms in total. The van der Waals surface area contributed by atoms with Crippen molar-refractivity contribution in [1.29, 1.82) is 0 Å². The second kappa shape index (κ2) is 12.2. The van der Waals surface area contributed by atoms with E-state index in [4.69, 9.17) is 9.47 Å². The topological polar surface area (TPSA) is 125 Å². The van der Waals surface area contributed by atoms with Gasteiger partial charge in [-0.3, -0.25) is 14.2 Å². The predicted molar refractivity (Wildman–Crippen MR) is 146 cm³/mol. The minimum absolute atomic E-state index is 0.0407. The number of nitrogens with zero attached hydrogens (tertiary/aromatic N) is 4. The van der Waals surface area contributed by atoms with Crippen molar-refractivity contribution in [3.63, 3.8) is 0 Å². The van der Waals surface area contributed by atoms with E-state index >= 15 is 0 Å². The first kappa shape index (κ1) is 26.5. The lowest BCUT2D eigenvalue weighted by molar-refractivity contribution is -0.109. The summed E-state index contributed by atoms with van der Waals surface area (Å²) in [6.45, 7) is 1.72. The molecule has 11 heteroatoms. The van der Waals surface area contributed by atoms with Gasteiger partial charge >= 0.3 is 5.97 Å². The molecule has 2 aromatic carbocycles. The van der Waals surface area contributed by atoms with Crippen molar-refractivity contribution < 1.29 is 23.9 Å². The van der Waals surface area contributed by atoms with Crippen molar-refractivity contribution in [2.45, 2.75) is 32.1 Å². The zero-order valence-corrected chi connectivity index (χ0v) is 22.0. The maximum atomic E-state index is 12.7. The first-order valence-corrected chi connectivity index (χ1v) is 13.5. The zero-order valence-electron chi connectivity index (χ0n) is 21.2. The lowest BCUT2D eigenvalue weighted by Gasteiger charge is -2.18. The van der Waals surface area contributed by atoms with Gasteiger partial charge in [-0.15, -0.1) is 0 Å². The van der Waals surface area contributed by atoms with Crippen LogP contribution in [0.2, 0.25) is 0 Å². The summed E-state index contributed by atoms with van der Waals surface area (Å²) in [6.07, 6.45) is 3.50. The van der Waals surface area contributed by atoms with Crippen molar-refractivity contribution in [1.82, 2.24) is 19.5 Å². The maximum Gasteiger partial charge on any atom is 0.338 e. The molecule has 3 atom stereocenters. The third-order valence-electron chi connectivity index (χ3n) is 6.44. The van der Waals surface area contributed by atoms with Crippen LogP contribution >= 0.6 is 11.8 Å². The fourth-order valence-corrected chi connectivity index (χ4v) is 5.16. The number of rotatable bonds is 9. The number of ether oxygens (including phenoxy) is 2. The van der Waals surface area contributed by atoms with Crippen LogP contribution in [0.4, 0.5) is 5.82 Å². The molecular weight excluding hydrogens is 518 g/mol. The molecule has 3 heterocycles. The molecule has 39 heavy (non-hydrogen) atoms. The highest BCUT2D eigenvalue weighted by Crippen LogP contribution is 2.37. The fourth-order valence-electron chi connectivity index (χ4n) is 4.52. The molecule has 0 aliphatic carbocycles. The van der Waals surface area contributed by atoms with Gasteiger partial charge in [0.05, 0.1) is 24.6 Å². The summed E-state index contributed by atoms with van der Waals surface area (Å²) in [6, 6.07) is 17.7. The third-order valence-corrected chi connectivity index (χ3v) is 7.29. The van der Waals surface area contributed by atoms with Gasteiger partial charge in [-0.1, -0.05) is 48.2 Å². The van der Waals surface area contributed by atoms with Crippen molar-refractivity contribution in [3.05, 3.63) is 84.4 Å². The number of nitrogens with one attached hydrogen (secondary N) is 1. The monoisotopic (exact) mass is 545 g/mol. The largest absolute Gasteiger partial charge is 0.462 e. The maximum absolute atomic E-state index is 12.7.